The molecule has 0 heterocycles. The Hall–Kier alpha value is -0.160. The van der Waals surface area contributed by atoms with Crippen molar-refractivity contribution in [3.05, 3.63) is 0 Å². The van der Waals surface area contributed by atoms with Gasteiger partial charge in [0.15, 0.2) is 0 Å². The topological polar surface area (TPSA) is 64.7 Å². The van der Waals surface area contributed by atoms with Crippen molar-refractivity contribution in [1.29, 1.82) is 0 Å². The van der Waals surface area contributed by atoms with E-state index in [9.17, 15) is 0 Å². The summed E-state index contributed by atoms with van der Waals surface area (Å²) in [6, 6.07) is 0. The van der Waals surface area contributed by atoms with Gasteiger partial charge < -0.3 is 20.3 Å². The second kappa shape index (κ2) is 7.26. The zero-order valence-corrected chi connectivity index (χ0v) is 8.58. The molecule has 0 aliphatic heterocycles. The van der Waals surface area contributed by atoms with Gasteiger partial charge in [-0.15, -0.1) is 0 Å². The molecule has 0 saturated heterocycles. The minimum absolute atomic E-state index is 0.108. The summed E-state index contributed by atoms with van der Waals surface area (Å²) >= 11 is 0. The number of aliphatic hydroxyl groups is 1. The number of rotatable bonds is 8. The molecule has 0 aromatic rings. The Bertz CT molecular complexity index is 115. The van der Waals surface area contributed by atoms with E-state index in [0.717, 1.165) is 6.42 Å². The highest BCUT2D eigenvalue weighted by atomic mass is 16.5. The van der Waals surface area contributed by atoms with E-state index in [0.29, 0.717) is 26.4 Å². The van der Waals surface area contributed by atoms with Gasteiger partial charge in [-0.3, -0.25) is 0 Å². The van der Waals surface area contributed by atoms with E-state index in [4.69, 9.17) is 20.3 Å². The van der Waals surface area contributed by atoms with Crippen LogP contribution < -0.4 is 5.73 Å². The standard InChI is InChI=1S/C9H21NO3/c1-9(7-10,8-11)3-4-13-6-5-12-2/h11H,3-8,10H2,1-2H3. The van der Waals surface area contributed by atoms with Crippen LogP contribution >= 0.6 is 0 Å². The third kappa shape index (κ3) is 5.99. The predicted octanol–water partition coefficient (Wildman–Crippen LogP) is -0.00320. The highest BCUT2D eigenvalue weighted by Gasteiger charge is 2.20. The zero-order valence-electron chi connectivity index (χ0n) is 8.58. The molecule has 0 radical (unpaired) electrons. The van der Waals surface area contributed by atoms with E-state index < -0.39 is 0 Å². The number of hydrogen-bond acceptors (Lipinski definition) is 4. The summed E-state index contributed by atoms with van der Waals surface area (Å²) < 4.78 is 10.1. The SMILES string of the molecule is COCCOCCC(C)(CN)CO. The largest absolute Gasteiger partial charge is 0.396 e. The highest BCUT2D eigenvalue weighted by molar-refractivity contribution is 4.73. The number of ether oxygens (including phenoxy) is 2. The number of aliphatic hydroxyl groups excluding tert-OH is 1. The molecule has 0 aliphatic carbocycles. The van der Waals surface area contributed by atoms with Gasteiger partial charge in [-0.2, -0.15) is 0 Å². The highest BCUT2D eigenvalue weighted by Crippen LogP contribution is 2.17. The van der Waals surface area contributed by atoms with Crippen molar-refractivity contribution in [3.63, 3.8) is 0 Å². The van der Waals surface area contributed by atoms with Gasteiger partial charge in [0.05, 0.1) is 13.2 Å². The summed E-state index contributed by atoms with van der Waals surface area (Å²) in [6.45, 7) is 4.37. The third-order valence-corrected chi connectivity index (χ3v) is 2.16. The van der Waals surface area contributed by atoms with Crippen LogP contribution in [0.25, 0.3) is 0 Å². The van der Waals surface area contributed by atoms with Gasteiger partial charge in [-0.25, -0.2) is 0 Å². The van der Waals surface area contributed by atoms with Crippen LogP contribution in [0.5, 0.6) is 0 Å². The molecule has 4 nitrogen and oxygen atoms in total. The number of hydrogen-bond donors (Lipinski definition) is 2. The molecule has 1 atom stereocenters. The van der Waals surface area contributed by atoms with Crippen LogP contribution in [-0.2, 0) is 9.47 Å². The van der Waals surface area contributed by atoms with Crippen LogP contribution in [0.1, 0.15) is 13.3 Å². The fourth-order valence-corrected chi connectivity index (χ4v) is 0.809. The van der Waals surface area contributed by atoms with Crippen LogP contribution in [0.4, 0.5) is 0 Å². The van der Waals surface area contributed by atoms with Crippen molar-refractivity contribution < 1.29 is 14.6 Å². The van der Waals surface area contributed by atoms with E-state index >= 15 is 0 Å². The molecule has 0 aromatic carbocycles. The second-order valence-electron chi connectivity index (χ2n) is 3.53. The van der Waals surface area contributed by atoms with E-state index in [1.807, 2.05) is 6.92 Å². The minimum Gasteiger partial charge on any atom is -0.396 e. The Morgan fingerprint density at radius 1 is 1.31 bits per heavy atom. The summed E-state index contributed by atoms with van der Waals surface area (Å²) in [7, 11) is 1.64. The van der Waals surface area contributed by atoms with Crippen molar-refractivity contribution in [2.45, 2.75) is 13.3 Å². The van der Waals surface area contributed by atoms with Crippen molar-refractivity contribution in [1.82, 2.24) is 0 Å². The van der Waals surface area contributed by atoms with Gasteiger partial charge in [0, 0.05) is 25.7 Å². The molecular formula is C9H21NO3. The lowest BCUT2D eigenvalue weighted by Gasteiger charge is -2.24. The predicted molar refractivity (Wildman–Crippen MR) is 51.6 cm³/mol. The molecule has 0 amide bonds. The average Bonchev–Trinajstić information content (AvgIpc) is 2.17. The maximum atomic E-state index is 9.03. The Kier molecular flexibility index (Phi) is 7.17. The lowest BCUT2D eigenvalue weighted by Crippen LogP contribution is -2.32. The maximum Gasteiger partial charge on any atom is 0.0700 e. The quantitative estimate of drug-likeness (QED) is 0.530. The molecule has 0 aromatic heterocycles. The van der Waals surface area contributed by atoms with Gasteiger partial charge in [0.1, 0.15) is 0 Å². The molecule has 0 saturated carbocycles. The van der Waals surface area contributed by atoms with Crippen LogP contribution in [0, 0.1) is 5.41 Å². The van der Waals surface area contributed by atoms with Crippen LogP contribution in [-0.4, -0.2) is 45.2 Å². The normalized spacial score (nSPS) is 15.7. The first-order valence-corrected chi connectivity index (χ1v) is 4.56. The first-order valence-electron chi connectivity index (χ1n) is 4.56. The summed E-state index contributed by atoms with van der Waals surface area (Å²) in [5.41, 5.74) is 5.32. The molecular weight excluding hydrogens is 170 g/mol. The molecule has 0 spiro atoms. The van der Waals surface area contributed by atoms with Crippen LogP contribution in [0.15, 0.2) is 0 Å². The molecule has 0 bridgehead atoms. The van der Waals surface area contributed by atoms with Gasteiger partial charge in [0.25, 0.3) is 0 Å². The van der Waals surface area contributed by atoms with Gasteiger partial charge in [-0.05, 0) is 13.0 Å². The lowest BCUT2D eigenvalue weighted by atomic mass is 9.88. The fourth-order valence-electron chi connectivity index (χ4n) is 0.809. The average molecular weight is 191 g/mol. The smallest absolute Gasteiger partial charge is 0.0700 e. The first-order chi connectivity index (χ1) is 6.18. The number of methoxy groups -OCH3 is 1. The molecule has 4 heteroatoms. The van der Waals surface area contributed by atoms with Gasteiger partial charge in [0.2, 0.25) is 0 Å². The first kappa shape index (κ1) is 12.8. The van der Waals surface area contributed by atoms with Gasteiger partial charge in [-0.1, -0.05) is 6.92 Å². The van der Waals surface area contributed by atoms with E-state index in [1.165, 1.54) is 0 Å². The summed E-state index contributed by atoms with van der Waals surface area (Å²) in [4.78, 5) is 0. The summed E-state index contributed by atoms with van der Waals surface area (Å²) in [5, 5.41) is 9.03. The third-order valence-electron chi connectivity index (χ3n) is 2.16. The Balaban J connectivity index is 3.39. The molecule has 0 fully saturated rings. The van der Waals surface area contributed by atoms with Crippen molar-refractivity contribution in [2.24, 2.45) is 11.1 Å². The van der Waals surface area contributed by atoms with E-state index in [2.05, 4.69) is 0 Å². The minimum atomic E-state index is -0.201. The van der Waals surface area contributed by atoms with Crippen LogP contribution in [0.3, 0.4) is 0 Å². The molecule has 80 valence electrons. The number of nitrogens with two attached hydrogens (primary N) is 1. The lowest BCUT2D eigenvalue weighted by molar-refractivity contribution is 0.0417. The fraction of sp³-hybridized carbons (Fsp3) is 1.00. The van der Waals surface area contributed by atoms with Crippen molar-refractivity contribution in [2.75, 3.05) is 40.1 Å². The Labute approximate surface area is 80.0 Å². The zero-order chi connectivity index (χ0) is 10.2. The molecule has 0 aliphatic rings. The van der Waals surface area contributed by atoms with Crippen LogP contribution in [0.2, 0.25) is 0 Å². The van der Waals surface area contributed by atoms with Crippen molar-refractivity contribution >= 4 is 0 Å². The molecule has 3 N–H and O–H groups in total. The van der Waals surface area contributed by atoms with Crippen molar-refractivity contribution in [3.8, 4) is 0 Å². The molecule has 1 unspecified atom stereocenters. The Morgan fingerprint density at radius 2 is 2.00 bits per heavy atom. The van der Waals surface area contributed by atoms with Gasteiger partial charge >= 0.3 is 0 Å². The summed E-state index contributed by atoms with van der Waals surface area (Å²) in [6.07, 6.45) is 0.781. The Morgan fingerprint density at radius 3 is 2.46 bits per heavy atom. The van der Waals surface area contributed by atoms with E-state index in [-0.39, 0.29) is 12.0 Å². The second-order valence-corrected chi connectivity index (χ2v) is 3.53. The maximum absolute atomic E-state index is 9.03. The summed E-state index contributed by atoms with van der Waals surface area (Å²) in [5.74, 6) is 0. The molecule has 13 heavy (non-hydrogen) atoms. The van der Waals surface area contributed by atoms with E-state index in [1.54, 1.807) is 7.11 Å². The molecule has 0 rings (SSSR count). The monoisotopic (exact) mass is 191 g/mol.